The summed E-state index contributed by atoms with van der Waals surface area (Å²) in [5.74, 6) is 0.112. The summed E-state index contributed by atoms with van der Waals surface area (Å²) in [4.78, 5) is 14.8. The van der Waals surface area contributed by atoms with Gasteiger partial charge in [0.05, 0.1) is 12.6 Å². The van der Waals surface area contributed by atoms with Gasteiger partial charge in [0, 0.05) is 12.6 Å². The number of carbonyl (C=O) groups excluding carboxylic acids is 1. The SMILES string of the molecule is CC(NC(=O)CN1CCCC1CCCO)c1ccc2c(c1)CCCC2. The number of nitrogens with one attached hydrogen (secondary N) is 1. The molecule has 2 N–H and O–H groups in total. The van der Waals surface area contributed by atoms with Crippen molar-refractivity contribution >= 4 is 5.91 Å². The smallest absolute Gasteiger partial charge is 0.234 e. The summed E-state index contributed by atoms with van der Waals surface area (Å²) in [5.41, 5.74) is 4.16. The van der Waals surface area contributed by atoms with Crippen molar-refractivity contribution in [1.29, 1.82) is 0 Å². The minimum absolute atomic E-state index is 0.0539. The van der Waals surface area contributed by atoms with E-state index in [9.17, 15) is 4.79 Å². The van der Waals surface area contributed by atoms with Gasteiger partial charge in [-0.1, -0.05) is 18.2 Å². The number of benzene rings is 1. The van der Waals surface area contributed by atoms with Crippen LogP contribution in [-0.4, -0.2) is 41.7 Å². The molecule has 25 heavy (non-hydrogen) atoms. The number of hydrogen-bond donors (Lipinski definition) is 2. The van der Waals surface area contributed by atoms with Gasteiger partial charge in [-0.3, -0.25) is 9.69 Å². The summed E-state index contributed by atoms with van der Waals surface area (Å²) in [6, 6.07) is 7.22. The first kappa shape index (κ1) is 18.4. The van der Waals surface area contributed by atoms with Crippen molar-refractivity contribution in [3.63, 3.8) is 0 Å². The Balaban J connectivity index is 1.53. The van der Waals surface area contributed by atoms with Gasteiger partial charge < -0.3 is 10.4 Å². The highest BCUT2D eigenvalue weighted by Gasteiger charge is 2.26. The van der Waals surface area contributed by atoms with Gasteiger partial charge in [-0.2, -0.15) is 0 Å². The number of aliphatic hydroxyl groups is 1. The third-order valence-electron chi connectivity index (χ3n) is 5.79. The average molecular weight is 344 g/mol. The number of nitrogens with zero attached hydrogens (tertiary/aromatic N) is 1. The monoisotopic (exact) mass is 344 g/mol. The fraction of sp³-hybridized carbons (Fsp3) is 0.667. The summed E-state index contributed by atoms with van der Waals surface area (Å²) in [6.07, 6.45) is 9.06. The van der Waals surface area contributed by atoms with Crippen molar-refractivity contribution in [3.05, 3.63) is 34.9 Å². The first-order valence-electron chi connectivity index (χ1n) is 9.93. The second-order valence-electron chi connectivity index (χ2n) is 7.66. The Morgan fingerprint density at radius 1 is 1.28 bits per heavy atom. The van der Waals surface area contributed by atoms with Crippen molar-refractivity contribution in [1.82, 2.24) is 10.2 Å². The van der Waals surface area contributed by atoms with E-state index in [-0.39, 0.29) is 18.6 Å². The van der Waals surface area contributed by atoms with Crippen LogP contribution in [0.15, 0.2) is 18.2 Å². The van der Waals surface area contributed by atoms with Crippen molar-refractivity contribution in [3.8, 4) is 0 Å². The summed E-state index contributed by atoms with van der Waals surface area (Å²) >= 11 is 0. The molecule has 1 aromatic rings. The zero-order chi connectivity index (χ0) is 17.6. The van der Waals surface area contributed by atoms with Crippen molar-refractivity contribution < 1.29 is 9.90 Å². The lowest BCUT2D eigenvalue weighted by molar-refractivity contribution is -0.123. The van der Waals surface area contributed by atoms with Crippen LogP contribution < -0.4 is 5.32 Å². The Hall–Kier alpha value is -1.39. The van der Waals surface area contributed by atoms with Gasteiger partial charge >= 0.3 is 0 Å². The van der Waals surface area contributed by atoms with E-state index in [4.69, 9.17) is 5.11 Å². The molecule has 2 aliphatic rings. The summed E-state index contributed by atoms with van der Waals surface area (Å²) in [6.45, 7) is 3.80. The first-order chi connectivity index (χ1) is 12.2. The molecule has 1 amide bonds. The number of aliphatic hydroxyl groups excluding tert-OH is 1. The van der Waals surface area contributed by atoms with Crippen LogP contribution in [-0.2, 0) is 17.6 Å². The number of fused-ring (bicyclic) bond motifs is 1. The van der Waals surface area contributed by atoms with Crippen molar-refractivity contribution in [2.75, 3.05) is 19.7 Å². The van der Waals surface area contributed by atoms with Crippen LogP contribution in [0.2, 0.25) is 0 Å². The van der Waals surface area contributed by atoms with Crippen LogP contribution in [0, 0.1) is 0 Å². The lowest BCUT2D eigenvalue weighted by Gasteiger charge is -2.25. The topological polar surface area (TPSA) is 52.6 Å². The third kappa shape index (κ3) is 4.83. The van der Waals surface area contributed by atoms with E-state index in [2.05, 4.69) is 35.3 Å². The molecule has 3 rings (SSSR count). The molecule has 2 unspecified atom stereocenters. The fourth-order valence-corrected chi connectivity index (χ4v) is 4.33. The summed E-state index contributed by atoms with van der Waals surface area (Å²) < 4.78 is 0. The Labute approximate surface area is 151 Å². The van der Waals surface area contributed by atoms with E-state index >= 15 is 0 Å². The molecule has 1 aliphatic heterocycles. The molecule has 2 atom stereocenters. The largest absolute Gasteiger partial charge is 0.396 e. The molecule has 1 heterocycles. The minimum Gasteiger partial charge on any atom is -0.396 e. The quantitative estimate of drug-likeness (QED) is 0.799. The molecule has 1 fully saturated rings. The molecule has 1 aliphatic carbocycles. The van der Waals surface area contributed by atoms with Gasteiger partial charge in [-0.05, 0) is 81.5 Å². The zero-order valence-electron chi connectivity index (χ0n) is 15.5. The molecule has 4 nitrogen and oxygen atoms in total. The van der Waals surface area contributed by atoms with Crippen LogP contribution in [0.25, 0.3) is 0 Å². The van der Waals surface area contributed by atoms with E-state index < -0.39 is 0 Å². The second-order valence-corrected chi connectivity index (χ2v) is 7.66. The van der Waals surface area contributed by atoms with Crippen LogP contribution >= 0.6 is 0 Å². The maximum Gasteiger partial charge on any atom is 0.234 e. The zero-order valence-corrected chi connectivity index (χ0v) is 15.5. The summed E-state index contributed by atoms with van der Waals surface area (Å²) in [5, 5.41) is 12.2. The Bertz CT molecular complexity index is 587. The Kier molecular flexibility index (Phi) is 6.49. The number of hydrogen-bond acceptors (Lipinski definition) is 3. The molecule has 0 aromatic heterocycles. The van der Waals surface area contributed by atoms with Crippen LogP contribution in [0.3, 0.4) is 0 Å². The molecular weight excluding hydrogens is 312 g/mol. The van der Waals surface area contributed by atoms with Gasteiger partial charge in [0.15, 0.2) is 0 Å². The van der Waals surface area contributed by atoms with E-state index in [1.807, 2.05) is 0 Å². The number of carbonyl (C=O) groups is 1. The standard InChI is InChI=1S/C21H32N2O2/c1-16(18-11-10-17-6-2-3-7-19(17)14-18)22-21(25)15-23-12-4-8-20(23)9-5-13-24/h10-11,14,16,20,24H,2-9,12-13,15H2,1H3,(H,22,25). The average Bonchev–Trinajstić information content (AvgIpc) is 3.06. The predicted octanol–water partition coefficient (Wildman–Crippen LogP) is 2.98. The highest BCUT2D eigenvalue weighted by Crippen LogP contribution is 2.25. The molecular formula is C21H32N2O2. The fourth-order valence-electron chi connectivity index (χ4n) is 4.33. The Morgan fingerprint density at radius 3 is 2.88 bits per heavy atom. The molecule has 0 radical (unpaired) electrons. The molecule has 1 aromatic carbocycles. The van der Waals surface area contributed by atoms with E-state index in [0.29, 0.717) is 12.6 Å². The molecule has 138 valence electrons. The maximum atomic E-state index is 12.5. The number of rotatable bonds is 7. The first-order valence-corrected chi connectivity index (χ1v) is 9.93. The van der Waals surface area contributed by atoms with Gasteiger partial charge in [-0.15, -0.1) is 0 Å². The lowest BCUT2D eigenvalue weighted by Crippen LogP contribution is -2.40. The Morgan fingerprint density at radius 2 is 2.08 bits per heavy atom. The van der Waals surface area contributed by atoms with Gasteiger partial charge in [-0.25, -0.2) is 0 Å². The summed E-state index contributed by atoms with van der Waals surface area (Å²) in [7, 11) is 0. The van der Waals surface area contributed by atoms with E-state index in [0.717, 1.165) is 32.2 Å². The molecule has 0 bridgehead atoms. The number of aryl methyl sites for hydroxylation is 2. The maximum absolute atomic E-state index is 12.5. The van der Waals surface area contributed by atoms with Gasteiger partial charge in [0.25, 0.3) is 0 Å². The third-order valence-corrected chi connectivity index (χ3v) is 5.79. The van der Waals surface area contributed by atoms with Crippen molar-refractivity contribution in [2.45, 2.75) is 70.4 Å². The highest BCUT2D eigenvalue weighted by atomic mass is 16.3. The molecule has 1 saturated heterocycles. The molecule has 0 spiro atoms. The van der Waals surface area contributed by atoms with Gasteiger partial charge in [0.2, 0.25) is 5.91 Å². The minimum atomic E-state index is 0.0539. The number of amides is 1. The lowest BCUT2D eigenvalue weighted by atomic mass is 9.89. The van der Waals surface area contributed by atoms with E-state index in [1.54, 1.807) is 0 Å². The van der Waals surface area contributed by atoms with Crippen LogP contribution in [0.4, 0.5) is 0 Å². The molecule has 4 heteroatoms. The van der Waals surface area contributed by atoms with E-state index in [1.165, 1.54) is 42.4 Å². The predicted molar refractivity (Wildman–Crippen MR) is 101 cm³/mol. The number of likely N-dealkylation sites (tertiary alicyclic amines) is 1. The normalized spacial score (nSPS) is 21.8. The van der Waals surface area contributed by atoms with Crippen LogP contribution in [0.5, 0.6) is 0 Å². The molecule has 0 saturated carbocycles. The van der Waals surface area contributed by atoms with Crippen molar-refractivity contribution in [2.24, 2.45) is 0 Å². The second kappa shape index (κ2) is 8.81. The van der Waals surface area contributed by atoms with Crippen LogP contribution in [0.1, 0.15) is 68.2 Å². The highest BCUT2D eigenvalue weighted by molar-refractivity contribution is 5.78. The van der Waals surface area contributed by atoms with Gasteiger partial charge in [0.1, 0.15) is 0 Å².